The Labute approximate surface area is 251 Å². The fraction of sp³-hybridized carbons (Fsp3) is 0.306. The first-order valence-corrected chi connectivity index (χ1v) is 14.6. The van der Waals surface area contributed by atoms with Crippen molar-refractivity contribution in [2.45, 2.75) is 49.1 Å². The van der Waals surface area contributed by atoms with Crippen LogP contribution in [0, 0.1) is 22.7 Å². The molecule has 0 N–H and O–H groups in total. The molecule has 0 aromatic heterocycles. The first-order chi connectivity index (χ1) is 20.9. The van der Waals surface area contributed by atoms with Gasteiger partial charge in [0, 0.05) is 24.5 Å². The summed E-state index contributed by atoms with van der Waals surface area (Å²) in [6.45, 7) is 1.11. The van der Waals surface area contributed by atoms with Crippen molar-refractivity contribution < 1.29 is 26.3 Å². The van der Waals surface area contributed by atoms with Crippen LogP contribution in [0.25, 0.3) is 0 Å². The Hall–Kier alpha value is -4.09. The molecule has 4 aromatic rings. The standard InChI is InChI=1S/C36H28F6N2/c37-35(38,39)28-14-8-24(9-15-28)19-44-20-30-31(25-10-16-29(17-11-25)36(40,41)42)33(27-12-6-23(18-43)7-13-27)21-34(30,22-33)32(44)26-4-2-1-3-5-26/h1-17,30-32H,19-22H2/t30-,31?,32-,33?,34?/m1/s1. The SMILES string of the molecule is N#Cc1ccc(C23CC4(C2)[C@H](CN(Cc2ccc(C(F)(F)F)cc2)[C@@H]4c2ccccc2)C3c2ccc(C(F)(F)F)cc2)cc1. The van der Waals surface area contributed by atoms with Crippen LogP contribution in [0.4, 0.5) is 26.3 Å². The molecular weight excluding hydrogens is 574 g/mol. The second-order valence-corrected chi connectivity index (χ2v) is 12.6. The number of nitrogens with zero attached hydrogens (tertiary/aromatic N) is 2. The molecule has 1 heterocycles. The van der Waals surface area contributed by atoms with Crippen LogP contribution in [0.5, 0.6) is 0 Å². The van der Waals surface area contributed by atoms with Crippen molar-refractivity contribution in [1.29, 1.82) is 5.26 Å². The molecule has 3 saturated carbocycles. The van der Waals surface area contributed by atoms with Gasteiger partial charge in [-0.25, -0.2) is 0 Å². The van der Waals surface area contributed by atoms with Crippen LogP contribution in [0.2, 0.25) is 0 Å². The molecule has 1 unspecified atom stereocenters. The molecule has 3 atom stereocenters. The lowest BCUT2D eigenvalue weighted by Gasteiger charge is -2.53. The number of hydrogen-bond acceptors (Lipinski definition) is 2. The highest BCUT2D eigenvalue weighted by molar-refractivity contribution is 5.50. The molecular formula is C36H28F6N2. The Bertz CT molecular complexity index is 1700. The van der Waals surface area contributed by atoms with Crippen LogP contribution in [0.3, 0.4) is 0 Å². The molecule has 4 fully saturated rings. The fourth-order valence-corrected chi connectivity index (χ4v) is 8.79. The predicted molar refractivity (Wildman–Crippen MR) is 153 cm³/mol. The summed E-state index contributed by atoms with van der Waals surface area (Å²) in [5.74, 6) is 0.0380. The molecule has 4 aliphatic rings. The predicted octanol–water partition coefficient (Wildman–Crippen LogP) is 9.28. The van der Waals surface area contributed by atoms with Crippen molar-refractivity contribution in [2.75, 3.05) is 6.54 Å². The maximum Gasteiger partial charge on any atom is 0.416 e. The van der Waals surface area contributed by atoms with Gasteiger partial charge in [0.1, 0.15) is 0 Å². The Morgan fingerprint density at radius 3 is 1.82 bits per heavy atom. The Kier molecular flexibility index (Phi) is 6.49. The minimum Gasteiger partial charge on any atom is -0.291 e. The number of rotatable bonds is 5. The third-order valence-electron chi connectivity index (χ3n) is 10.3. The molecule has 8 rings (SSSR count). The van der Waals surface area contributed by atoms with E-state index in [1.165, 1.54) is 12.1 Å². The molecule has 44 heavy (non-hydrogen) atoms. The second-order valence-electron chi connectivity index (χ2n) is 12.6. The van der Waals surface area contributed by atoms with E-state index in [0.29, 0.717) is 18.7 Å². The van der Waals surface area contributed by atoms with Gasteiger partial charge >= 0.3 is 12.4 Å². The van der Waals surface area contributed by atoms with Crippen LogP contribution < -0.4 is 0 Å². The molecule has 1 saturated heterocycles. The first kappa shape index (κ1) is 28.7. The zero-order chi connectivity index (χ0) is 30.9. The van der Waals surface area contributed by atoms with E-state index in [1.807, 2.05) is 30.3 Å². The largest absolute Gasteiger partial charge is 0.416 e. The van der Waals surface area contributed by atoms with Gasteiger partial charge in [-0.05, 0) is 88.7 Å². The van der Waals surface area contributed by atoms with Gasteiger partial charge in [-0.15, -0.1) is 0 Å². The van der Waals surface area contributed by atoms with Crippen LogP contribution >= 0.6 is 0 Å². The van der Waals surface area contributed by atoms with Crippen molar-refractivity contribution in [2.24, 2.45) is 11.3 Å². The summed E-state index contributed by atoms with van der Waals surface area (Å²) in [5, 5.41) is 9.38. The average molecular weight is 603 g/mol. The first-order valence-electron chi connectivity index (χ1n) is 14.6. The maximum atomic E-state index is 13.5. The number of hydrogen-bond donors (Lipinski definition) is 0. The summed E-state index contributed by atoms with van der Waals surface area (Å²) in [7, 11) is 0. The van der Waals surface area contributed by atoms with Gasteiger partial charge in [-0.2, -0.15) is 31.6 Å². The van der Waals surface area contributed by atoms with Gasteiger partial charge in [0.05, 0.1) is 22.8 Å². The minimum absolute atomic E-state index is 0.0121. The van der Waals surface area contributed by atoms with Gasteiger partial charge in [0.15, 0.2) is 0 Å². The normalized spacial score (nSPS) is 27.9. The molecule has 0 radical (unpaired) electrons. The zero-order valence-corrected chi connectivity index (χ0v) is 23.5. The van der Waals surface area contributed by atoms with Crippen molar-refractivity contribution >= 4 is 0 Å². The van der Waals surface area contributed by atoms with E-state index in [1.54, 1.807) is 24.3 Å². The quantitative estimate of drug-likeness (QED) is 0.213. The van der Waals surface area contributed by atoms with Gasteiger partial charge in [-0.1, -0.05) is 66.7 Å². The highest BCUT2D eigenvalue weighted by Crippen LogP contribution is 2.82. The molecule has 1 spiro atoms. The molecule has 2 nitrogen and oxygen atoms in total. The molecule has 224 valence electrons. The molecule has 0 amide bonds. The van der Waals surface area contributed by atoms with Crippen molar-refractivity contribution in [3.8, 4) is 6.07 Å². The summed E-state index contributed by atoms with van der Waals surface area (Å²) in [5.41, 5.74) is 2.55. The smallest absolute Gasteiger partial charge is 0.291 e. The monoisotopic (exact) mass is 602 g/mol. The van der Waals surface area contributed by atoms with Gasteiger partial charge in [0.25, 0.3) is 0 Å². The number of nitriles is 1. The average Bonchev–Trinajstić information content (AvgIpc) is 3.55. The third-order valence-corrected chi connectivity index (χ3v) is 10.3. The Balaban J connectivity index is 1.31. The molecule has 4 aromatic carbocycles. The summed E-state index contributed by atoms with van der Waals surface area (Å²) >= 11 is 0. The van der Waals surface area contributed by atoms with Gasteiger partial charge in [-0.3, -0.25) is 4.90 Å². The zero-order valence-electron chi connectivity index (χ0n) is 23.5. The van der Waals surface area contributed by atoms with Crippen LogP contribution in [-0.4, -0.2) is 11.4 Å². The maximum absolute atomic E-state index is 13.5. The fourth-order valence-electron chi connectivity index (χ4n) is 8.79. The van der Waals surface area contributed by atoms with E-state index in [2.05, 4.69) is 23.1 Å². The lowest BCUT2D eigenvalue weighted by atomic mass is 9.52. The highest BCUT2D eigenvalue weighted by Gasteiger charge is 2.77. The van der Waals surface area contributed by atoms with Crippen molar-refractivity contribution in [1.82, 2.24) is 4.90 Å². The number of halogens is 6. The third kappa shape index (κ3) is 4.44. The molecule has 2 bridgehead atoms. The summed E-state index contributed by atoms with van der Waals surface area (Å²) in [6, 6.07) is 30.7. The molecule has 8 heteroatoms. The summed E-state index contributed by atoms with van der Waals surface area (Å²) < 4.78 is 80.2. The van der Waals surface area contributed by atoms with E-state index in [4.69, 9.17) is 0 Å². The minimum atomic E-state index is -4.44. The van der Waals surface area contributed by atoms with E-state index in [9.17, 15) is 31.6 Å². The molecule has 3 aliphatic carbocycles. The van der Waals surface area contributed by atoms with Crippen LogP contribution in [0.1, 0.15) is 63.7 Å². The van der Waals surface area contributed by atoms with Crippen molar-refractivity contribution in [3.05, 3.63) is 142 Å². The number of benzene rings is 4. The highest BCUT2D eigenvalue weighted by atomic mass is 19.4. The Morgan fingerprint density at radius 1 is 0.705 bits per heavy atom. The lowest BCUT2D eigenvalue weighted by Crippen LogP contribution is -2.47. The second kappa shape index (κ2) is 9.97. The van der Waals surface area contributed by atoms with E-state index < -0.39 is 23.5 Å². The number of likely N-dealkylation sites (tertiary alicyclic amines) is 1. The lowest BCUT2D eigenvalue weighted by molar-refractivity contribution is -0.138. The molecule has 1 aliphatic heterocycles. The van der Waals surface area contributed by atoms with E-state index in [0.717, 1.165) is 59.4 Å². The summed E-state index contributed by atoms with van der Waals surface area (Å²) in [4.78, 5) is 2.35. The topological polar surface area (TPSA) is 27.0 Å². The summed E-state index contributed by atoms with van der Waals surface area (Å²) in [6.07, 6.45) is -7.20. The van der Waals surface area contributed by atoms with E-state index >= 15 is 0 Å². The van der Waals surface area contributed by atoms with Crippen molar-refractivity contribution in [3.63, 3.8) is 0 Å². The van der Waals surface area contributed by atoms with Gasteiger partial charge in [0.2, 0.25) is 0 Å². The van der Waals surface area contributed by atoms with Gasteiger partial charge < -0.3 is 0 Å². The van der Waals surface area contributed by atoms with Crippen LogP contribution in [-0.2, 0) is 24.3 Å². The Morgan fingerprint density at radius 2 is 1.27 bits per heavy atom. The van der Waals surface area contributed by atoms with Crippen LogP contribution in [0.15, 0.2) is 103 Å². The number of alkyl halides is 6. The van der Waals surface area contributed by atoms with E-state index in [-0.39, 0.29) is 28.7 Å².